The van der Waals surface area contributed by atoms with Gasteiger partial charge in [0.05, 0.1) is 10.9 Å². The maximum atomic E-state index is 12.3. The Bertz CT molecular complexity index is 841. The molecule has 0 bridgehead atoms. The predicted octanol–water partition coefficient (Wildman–Crippen LogP) is 3.41. The number of ether oxygens (including phenoxy) is 1. The summed E-state index contributed by atoms with van der Waals surface area (Å²) in [5.74, 6) is 0.638. The summed E-state index contributed by atoms with van der Waals surface area (Å²) in [4.78, 5) is 33.6. The van der Waals surface area contributed by atoms with Gasteiger partial charge in [-0.1, -0.05) is 15.9 Å². The Morgan fingerprint density at radius 1 is 1.42 bits per heavy atom. The van der Waals surface area contributed by atoms with Crippen LogP contribution >= 0.6 is 15.9 Å². The summed E-state index contributed by atoms with van der Waals surface area (Å²) in [6, 6.07) is 5.44. The van der Waals surface area contributed by atoms with E-state index in [4.69, 9.17) is 4.74 Å². The number of rotatable bonds is 1. The molecule has 1 unspecified atom stereocenters. The van der Waals surface area contributed by atoms with Crippen LogP contribution < -0.4 is 5.56 Å². The van der Waals surface area contributed by atoms with Crippen molar-refractivity contribution in [2.75, 3.05) is 13.1 Å². The summed E-state index contributed by atoms with van der Waals surface area (Å²) in [7, 11) is 0. The van der Waals surface area contributed by atoms with Crippen molar-refractivity contribution in [1.82, 2.24) is 14.9 Å². The molecule has 7 heteroatoms. The maximum Gasteiger partial charge on any atom is 0.410 e. The van der Waals surface area contributed by atoms with Crippen LogP contribution in [0.4, 0.5) is 4.79 Å². The van der Waals surface area contributed by atoms with Gasteiger partial charge in [0.1, 0.15) is 11.4 Å². The Kier molecular flexibility index (Phi) is 4.38. The molecule has 0 aliphatic carbocycles. The minimum Gasteiger partial charge on any atom is -0.444 e. The normalized spacial score (nSPS) is 18.2. The number of carbonyl (C=O) groups is 1. The summed E-state index contributed by atoms with van der Waals surface area (Å²) < 4.78 is 6.24. The highest BCUT2D eigenvalue weighted by Crippen LogP contribution is 2.26. The number of nitrogens with zero attached hydrogens (tertiary/aromatic N) is 2. The molecule has 1 amide bonds. The van der Waals surface area contributed by atoms with E-state index in [1.165, 1.54) is 0 Å². The number of hydrogen-bond acceptors (Lipinski definition) is 4. The van der Waals surface area contributed by atoms with Crippen molar-refractivity contribution in [1.29, 1.82) is 0 Å². The molecule has 1 atom stereocenters. The number of carbonyl (C=O) groups excluding carboxylic acids is 1. The lowest BCUT2D eigenvalue weighted by Crippen LogP contribution is -2.35. The molecule has 2 heterocycles. The van der Waals surface area contributed by atoms with Gasteiger partial charge in [-0.25, -0.2) is 9.78 Å². The summed E-state index contributed by atoms with van der Waals surface area (Å²) in [6.07, 6.45) is 0.432. The molecule has 128 valence electrons. The maximum absolute atomic E-state index is 12.3. The number of halogens is 1. The van der Waals surface area contributed by atoms with Crippen molar-refractivity contribution in [3.05, 3.63) is 38.9 Å². The number of aromatic nitrogens is 2. The lowest BCUT2D eigenvalue weighted by Gasteiger charge is -2.24. The molecule has 0 saturated carbocycles. The van der Waals surface area contributed by atoms with Crippen LogP contribution in [0.1, 0.15) is 38.9 Å². The molecule has 0 radical (unpaired) electrons. The van der Waals surface area contributed by atoms with Crippen LogP contribution in [-0.2, 0) is 4.74 Å². The van der Waals surface area contributed by atoms with E-state index >= 15 is 0 Å². The SMILES string of the molecule is CC(C)(C)OC(=O)N1CCC(c2nc3ccc(Br)cc3c(=O)[nH]2)C1. The van der Waals surface area contributed by atoms with Crippen molar-refractivity contribution in [3.8, 4) is 0 Å². The van der Waals surface area contributed by atoms with Gasteiger partial charge >= 0.3 is 6.09 Å². The molecule has 1 aromatic carbocycles. The van der Waals surface area contributed by atoms with Gasteiger partial charge in [-0.3, -0.25) is 4.79 Å². The van der Waals surface area contributed by atoms with E-state index in [9.17, 15) is 9.59 Å². The van der Waals surface area contributed by atoms with Gasteiger partial charge in [0, 0.05) is 23.5 Å². The molecule has 2 aromatic rings. The van der Waals surface area contributed by atoms with Gasteiger partial charge in [0.25, 0.3) is 5.56 Å². The highest BCUT2D eigenvalue weighted by atomic mass is 79.9. The third-order valence-corrected chi connectivity index (χ3v) is 4.41. The molecule has 1 fully saturated rings. The Morgan fingerprint density at radius 2 is 2.17 bits per heavy atom. The smallest absolute Gasteiger partial charge is 0.410 e. The Morgan fingerprint density at radius 3 is 2.88 bits per heavy atom. The minimum absolute atomic E-state index is 0.0123. The standard InChI is InChI=1S/C17H20BrN3O3/c1-17(2,3)24-16(23)21-7-6-10(9-21)14-19-13-5-4-11(18)8-12(13)15(22)20-14/h4-5,8,10H,6-7,9H2,1-3H3,(H,19,20,22). The van der Waals surface area contributed by atoms with Crippen molar-refractivity contribution in [2.24, 2.45) is 0 Å². The summed E-state index contributed by atoms with van der Waals surface area (Å²) >= 11 is 3.36. The van der Waals surface area contributed by atoms with Gasteiger partial charge in [0.15, 0.2) is 0 Å². The predicted molar refractivity (Wildman–Crippen MR) is 95.2 cm³/mol. The topological polar surface area (TPSA) is 75.3 Å². The molecule has 1 saturated heterocycles. The highest BCUT2D eigenvalue weighted by Gasteiger charge is 2.31. The van der Waals surface area contributed by atoms with Gasteiger partial charge in [-0.15, -0.1) is 0 Å². The number of fused-ring (bicyclic) bond motifs is 1. The van der Waals surface area contributed by atoms with Crippen LogP contribution in [0.25, 0.3) is 10.9 Å². The lowest BCUT2D eigenvalue weighted by molar-refractivity contribution is 0.0292. The molecule has 6 nitrogen and oxygen atoms in total. The largest absolute Gasteiger partial charge is 0.444 e. The van der Waals surface area contributed by atoms with Crippen molar-refractivity contribution in [3.63, 3.8) is 0 Å². The van der Waals surface area contributed by atoms with Crippen molar-refractivity contribution in [2.45, 2.75) is 38.7 Å². The molecule has 1 aliphatic heterocycles. The van der Waals surface area contributed by atoms with Crippen LogP contribution in [0.15, 0.2) is 27.5 Å². The molecular formula is C17H20BrN3O3. The first-order valence-electron chi connectivity index (χ1n) is 7.90. The average molecular weight is 394 g/mol. The number of nitrogens with one attached hydrogen (secondary N) is 1. The molecule has 1 N–H and O–H groups in total. The second-order valence-corrected chi connectivity index (χ2v) is 7.94. The van der Waals surface area contributed by atoms with E-state index in [0.717, 1.165) is 10.9 Å². The van der Waals surface area contributed by atoms with Crippen LogP contribution in [0.2, 0.25) is 0 Å². The average Bonchev–Trinajstić information content (AvgIpc) is 2.96. The number of likely N-dealkylation sites (tertiary alicyclic amines) is 1. The monoisotopic (exact) mass is 393 g/mol. The lowest BCUT2D eigenvalue weighted by atomic mass is 10.1. The first-order chi connectivity index (χ1) is 11.2. The number of hydrogen-bond donors (Lipinski definition) is 1. The molecule has 1 aromatic heterocycles. The number of amides is 1. The summed E-state index contributed by atoms with van der Waals surface area (Å²) in [6.45, 7) is 6.64. The zero-order chi connectivity index (χ0) is 17.5. The Hall–Kier alpha value is -1.89. The van der Waals surface area contributed by atoms with Crippen LogP contribution in [0, 0.1) is 0 Å². The quantitative estimate of drug-likeness (QED) is 0.805. The Labute approximate surface area is 148 Å². The third-order valence-electron chi connectivity index (χ3n) is 3.91. The third kappa shape index (κ3) is 3.61. The van der Waals surface area contributed by atoms with E-state index < -0.39 is 5.60 Å². The van der Waals surface area contributed by atoms with Crippen LogP contribution in [0.5, 0.6) is 0 Å². The molecular weight excluding hydrogens is 374 g/mol. The zero-order valence-corrected chi connectivity index (χ0v) is 15.5. The second kappa shape index (κ2) is 6.20. The second-order valence-electron chi connectivity index (χ2n) is 7.02. The van der Waals surface area contributed by atoms with Crippen molar-refractivity contribution >= 4 is 32.9 Å². The van der Waals surface area contributed by atoms with Crippen LogP contribution in [-0.4, -0.2) is 39.7 Å². The van der Waals surface area contributed by atoms with E-state index in [2.05, 4.69) is 25.9 Å². The fourth-order valence-corrected chi connectivity index (χ4v) is 3.16. The Balaban J connectivity index is 1.81. The van der Waals surface area contributed by atoms with Gasteiger partial charge < -0.3 is 14.6 Å². The van der Waals surface area contributed by atoms with Crippen LogP contribution in [0.3, 0.4) is 0 Å². The first-order valence-corrected chi connectivity index (χ1v) is 8.69. The van der Waals surface area contributed by atoms with E-state index in [1.54, 1.807) is 11.0 Å². The van der Waals surface area contributed by atoms with Crippen molar-refractivity contribution < 1.29 is 9.53 Å². The molecule has 3 rings (SSSR count). The fraction of sp³-hybridized carbons (Fsp3) is 0.471. The fourth-order valence-electron chi connectivity index (χ4n) is 2.80. The molecule has 0 spiro atoms. The van der Waals surface area contributed by atoms with E-state index in [1.807, 2.05) is 32.9 Å². The van der Waals surface area contributed by atoms with Gasteiger partial charge in [-0.2, -0.15) is 0 Å². The zero-order valence-electron chi connectivity index (χ0n) is 13.9. The van der Waals surface area contributed by atoms with Gasteiger partial charge in [0.2, 0.25) is 0 Å². The first kappa shape index (κ1) is 17.0. The molecule has 1 aliphatic rings. The minimum atomic E-state index is -0.516. The van der Waals surface area contributed by atoms with E-state index in [-0.39, 0.29) is 17.6 Å². The highest BCUT2D eigenvalue weighted by molar-refractivity contribution is 9.10. The summed E-state index contributed by atoms with van der Waals surface area (Å²) in [5.41, 5.74) is -0.0161. The number of H-pyrrole nitrogens is 1. The van der Waals surface area contributed by atoms with Gasteiger partial charge in [-0.05, 0) is 45.4 Å². The number of aromatic amines is 1. The summed E-state index contributed by atoms with van der Waals surface area (Å²) in [5, 5.41) is 0.551. The number of benzene rings is 1. The van der Waals surface area contributed by atoms with E-state index in [0.29, 0.717) is 29.8 Å². The molecule has 24 heavy (non-hydrogen) atoms.